The summed E-state index contributed by atoms with van der Waals surface area (Å²) in [6.07, 6.45) is 9.67. The number of thioether (sulfide) groups is 1. The molecule has 110 valence electrons. The normalized spacial score (nSPS) is 28.4. The number of aromatic nitrogens is 1. The summed E-state index contributed by atoms with van der Waals surface area (Å²) in [6, 6.07) is 7.11. The van der Waals surface area contributed by atoms with Crippen LogP contribution in [0.1, 0.15) is 19.8 Å². The van der Waals surface area contributed by atoms with Crippen molar-refractivity contribution in [2.75, 3.05) is 11.6 Å². The standard InChI is InChI=1S/C17H20N2S2/c1-10(14-8-11-3-4-12(14)7-11)18-13-5-6-15-16(9-13)21-17(19-15)20-2/h3-6,9-12,14,18H,7-8H2,1-2H3. The number of nitrogens with one attached hydrogen (secondary N) is 1. The zero-order valence-corrected chi connectivity index (χ0v) is 14.0. The maximum Gasteiger partial charge on any atom is 0.150 e. The van der Waals surface area contributed by atoms with E-state index in [0.717, 1.165) is 27.6 Å². The Morgan fingerprint density at radius 2 is 2.24 bits per heavy atom. The third-order valence-electron chi connectivity index (χ3n) is 4.91. The number of allylic oxidation sites excluding steroid dienone is 2. The molecule has 4 rings (SSSR count). The molecular weight excluding hydrogens is 296 g/mol. The Hall–Kier alpha value is -1.000. The summed E-state index contributed by atoms with van der Waals surface area (Å²) < 4.78 is 2.43. The Labute approximate surface area is 134 Å². The van der Waals surface area contributed by atoms with E-state index in [4.69, 9.17) is 0 Å². The van der Waals surface area contributed by atoms with E-state index in [-0.39, 0.29) is 0 Å². The monoisotopic (exact) mass is 316 g/mol. The zero-order chi connectivity index (χ0) is 14.4. The van der Waals surface area contributed by atoms with E-state index in [1.807, 2.05) is 0 Å². The van der Waals surface area contributed by atoms with Crippen LogP contribution >= 0.6 is 23.1 Å². The third kappa shape index (κ3) is 2.49. The van der Waals surface area contributed by atoms with Gasteiger partial charge in [0.1, 0.15) is 0 Å². The highest BCUT2D eigenvalue weighted by Gasteiger charge is 2.38. The summed E-state index contributed by atoms with van der Waals surface area (Å²) in [7, 11) is 0. The minimum absolute atomic E-state index is 0.537. The predicted octanol–water partition coefficient (Wildman–Crippen LogP) is 5.03. The van der Waals surface area contributed by atoms with Crippen molar-refractivity contribution in [1.29, 1.82) is 0 Å². The SMILES string of the molecule is CSc1nc2ccc(NC(C)C3CC4C=CC3C4)cc2s1. The zero-order valence-electron chi connectivity index (χ0n) is 12.4. The minimum Gasteiger partial charge on any atom is -0.382 e. The number of fused-ring (bicyclic) bond motifs is 3. The van der Waals surface area contributed by atoms with E-state index in [9.17, 15) is 0 Å². The quantitative estimate of drug-likeness (QED) is 0.632. The van der Waals surface area contributed by atoms with E-state index in [2.05, 4.69) is 53.8 Å². The van der Waals surface area contributed by atoms with Crippen LogP contribution in [0, 0.1) is 17.8 Å². The fourth-order valence-electron chi connectivity index (χ4n) is 3.85. The molecule has 0 radical (unpaired) electrons. The molecule has 1 heterocycles. The van der Waals surface area contributed by atoms with Gasteiger partial charge in [0.25, 0.3) is 0 Å². The van der Waals surface area contributed by atoms with Gasteiger partial charge in [-0.3, -0.25) is 0 Å². The Morgan fingerprint density at radius 3 is 2.95 bits per heavy atom. The molecule has 1 fully saturated rings. The molecule has 0 spiro atoms. The molecule has 4 unspecified atom stereocenters. The van der Waals surface area contributed by atoms with E-state index in [1.165, 1.54) is 23.2 Å². The van der Waals surface area contributed by atoms with Gasteiger partial charge in [-0.2, -0.15) is 0 Å². The number of rotatable bonds is 4. The van der Waals surface area contributed by atoms with E-state index < -0.39 is 0 Å². The maximum atomic E-state index is 4.60. The van der Waals surface area contributed by atoms with Crippen molar-refractivity contribution in [2.45, 2.75) is 30.1 Å². The third-order valence-corrected chi connectivity index (χ3v) is 6.91. The van der Waals surface area contributed by atoms with Crippen LogP contribution < -0.4 is 5.32 Å². The first kappa shape index (κ1) is 13.6. The molecule has 1 saturated carbocycles. The van der Waals surface area contributed by atoms with E-state index in [1.54, 1.807) is 23.1 Å². The first-order valence-electron chi connectivity index (χ1n) is 7.62. The van der Waals surface area contributed by atoms with Gasteiger partial charge in [0.15, 0.2) is 4.34 Å². The van der Waals surface area contributed by atoms with Gasteiger partial charge in [0.05, 0.1) is 10.2 Å². The molecule has 0 amide bonds. The van der Waals surface area contributed by atoms with Gasteiger partial charge in [0, 0.05) is 11.7 Å². The number of hydrogen-bond donors (Lipinski definition) is 1. The molecule has 2 bridgehead atoms. The number of thiazole rings is 1. The molecule has 1 aromatic heterocycles. The van der Waals surface area contributed by atoms with Crippen molar-refractivity contribution >= 4 is 39.0 Å². The van der Waals surface area contributed by atoms with Crippen molar-refractivity contribution in [3.8, 4) is 0 Å². The van der Waals surface area contributed by atoms with Gasteiger partial charge in [-0.15, -0.1) is 11.3 Å². The topological polar surface area (TPSA) is 24.9 Å². The summed E-state index contributed by atoms with van der Waals surface area (Å²) in [4.78, 5) is 4.60. The second-order valence-electron chi connectivity index (χ2n) is 6.24. The molecule has 2 aromatic rings. The predicted molar refractivity (Wildman–Crippen MR) is 93.3 cm³/mol. The van der Waals surface area contributed by atoms with Gasteiger partial charge in [-0.05, 0) is 62.0 Å². The van der Waals surface area contributed by atoms with Crippen LogP contribution in [-0.2, 0) is 0 Å². The Kier molecular flexibility index (Phi) is 3.46. The van der Waals surface area contributed by atoms with Gasteiger partial charge in [-0.1, -0.05) is 23.9 Å². The Bertz CT molecular complexity index is 691. The maximum absolute atomic E-state index is 4.60. The van der Waals surface area contributed by atoms with Crippen molar-refractivity contribution in [3.05, 3.63) is 30.4 Å². The van der Waals surface area contributed by atoms with Crippen LogP contribution in [0.4, 0.5) is 5.69 Å². The van der Waals surface area contributed by atoms with E-state index >= 15 is 0 Å². The summed E-state index contributed by atoms with van der Waals surface area (Å²) in [5.74, 6) is 2.43. The molecule has 0 aliphatic heterocycles. The van der Waals surface area contributed by atoms with Crippen LogP contribution in [0.25, 0.3) is 10.2 Å². The van der Waals surface area contributed by atoms with Gasteiger partial charge < -0.3 is 5.32 Å². The largest absolute Gasteiger partial charge is 0.382 e. The average molecular weight is 316 g/mol. The second kappa shape index (κ2) is 5.33. The molecule has 4 atom stereocenters. The Morgan fingerprint density at radius 1 is 1.33 bits per heavy atom. The smallest absolute Gasteiger partial charge is 0.150 e. The van der Waals surface area contributed by atoms with E-state index in [0.29, 0.717) is 6.04 Å². The van der Waals surface area contributed by atoms with Crippen molar-refractivity contribution < 1.29 is 0 Å². The van der Waals surface area contributed by atoms with Crippen LogP contribution in [-0.4, -0.2) is 17.3 Å². The molecule has 1 aromatic carbocycles. The fraction of sp³-hybridized carbons (Fsp3) is 0.471. The molecule has 2 nitrogen and oxygen atoms in total. The lowest BCUT2D eigenvalue weighted by atomic mass is 9.87. The number of anilines is 1. The molecule has 2 aliphatic rings. The van der Waals surface area contributed by atoms with Gasteiger partial charge in [-0.25, -0.2) is 4.98 Å². The number of benzene rings is 1. The van der Waals surface area contributed by atoms with Crippen molar-refractivity contribution in [2.24, 2.45) is 17.8 Å². The lowest BCUT2D eigenvalue weighted by molar-refractivity contribution is 0.400. The molecule has 2 aliphatic carbocycles. The van der Waals surface area contributed by atoms with Gasteiger partial charge >= 0.3 is 0 Å². The second-order valence-corrected chi connectivity index (χ2v) is 8.33. The molecule has 0 saturated heterocycles. The molecular formula is C17H20N2S2. The van der Waals surface area contributed by atoms with Crippen molar-refractivity contribution in [1.82, 2.24) is 4.98 Å². The highest BCUT2D eigenvalue weighted by molar-refractivity contribution is 8.00. The number of nitrogens with zero attached hydrogens (tertiary/aromatic N) is 1. The fourth-order valence-corrected chi connectivity index (χ4v) is 5.38. The highest BCUT2D eigenvalue weighted by Crippen LogP contribution is 2.45. The van der Waals surface area contributed by atoms with Crippen LogP contribution in [0.3, 0.4) is 0 Å². The average Bonchev–Trinajstić information content (AvgIpc) is 3.20. The number of hydrogen-bond acceptors (Lipinski definition) is 4. The van der Waals surface area contributed by atoms with Crippen LogP contribution in [0.2, 0.25) is 0 Å². The highest BCUT2D eigenvalue weighted by atomic mass is 32.2. The first-order valence-corrected chi connectivity index (χ1v) is 9.66. The van der Waals surface area contributed by atoms with Gasteiger partial charge in [0.2, 0.25) is 0 Å². The van der Waals surface area contributed by atoms with Crippen LogP contribution in [0.15, 0.2) is 34.7 Å². The summed E-state index contributed by atoms with van der Waals surface area (Å²) in [6.45, 7) is 2.34. The molecule has 21 heavy (non-hydrogen) atoms. The lowest BCUT2D eigenvalue weighted by Crippen LogP contribution is -2.28. The summed E-state index contributed by atoms with van der Waals surface area (Å²) >= 11 is 3.51. The first-order chi connectivity index (χ1) is 10.2. The van der Waals surface area contributed by atoms with Crippen molar-refractivity contribution in [3.63, 3.8) is 0 Å². The Balaban J connectivity index is 1.52. The summed E-state index contributed by atoms with van der Waals surface area (Å²) in [5.41, 5.74) is 2.35. The summed E-state index contributed by atoms with van der Waals surface area (Å²) in [5, 5.41) is 3.73. The lowest BCUT2D eigenvalue weighted by Gasteiger charge is -2.27. The van der Waals surface area contributed by atoms with Crippen LogP contribution in [0.5, 0.6) is 0 Å². The minimum atomic E-state index is 0.537. The molecule has 4 heteroatoms. The molecule has 1 N–H and O–H groups in total.